The van der Waals surface area contributed by atoms with Crippen LogP contribution < -0.4 is 5.73 Å². The number of H-pyrrole nitrogens is 1. The highest BCUT2D eigenvalue weighted by molar-refractivity contribution is 9.10. The van der Waals surface area contributed by atoms with Gasteiger partial charge in [0.05, 0.1) is 5.69 Å². The van der Waals surface area contributed by atoms with Gasteiger partial charge in [-0.3, -0.25) is 5.10 Å². The second kappa shape index (κ2) is 4.28. The van der Waals surface area contributed by atoms with E-state index in [2.05, 4.69) is 38.3 Å². The summed E-state index contributed by atoms with van der Waals surface area (Å²) in [4.78, 5) is 1.20. The van der Waals surface area contributed by atoms with E-state index in [9.17, 15) is 0 Å². The summed E-state index contributed by atoms with van der Waals surface area (Å²) in [5, 5.41) is 6.80. The van der Waals surface area contributed by atoms with Crippen molar-refractivity contribution in [3.05, 3.63) is 28.7 Å². The normalized spacial score (nSPS) is 10.5. The Balaban J connectivity index is 2.48. The molecule has 2 aromatic rings. The standard InChI is InChI=1S/C10H10BrN3S/c1-15-8-3-6(2-7(11)4-8)9-5-10(12)14-13-9/h2-5H,1H3,(H3,12,13,14). The molecule has 0 aliphatic rings. The van der Waals surface area contributed by atoms with Crippen molar-refractivity contribution >= 4 is 33.5 Å². The SMILES string of the molecule is CSc1cc(Br)cc(-c2cc(N)n[nH]2)c1. The molecule has 1 heterocycles. The fourth-order valence-corrected chi connectivity index (χ4v) is 2.46. The third-order valence-electron chi connectivity index (χ3n) is 2.02. The first-order valence-corrected chi connectivity index (χ1v) is 6.36. The summed E-state index contributed by atoms with van der Waals surface area (Å²) in [6.45, 7) is 0. The lowest BCUT2D eigenvalue weighted by molar-refractivity contribution is 1.10. The van der Waals surface area contributed by atoms with Crippen molar-refractivity contribution in [2.45, 2.75) is 4.90 Å². The van der Waals surface area contributed by atoms with E-state index < -0.39 is 0 Å². The number of nitrogens with zero attached hydrogens (tertiary/aromatic N) is 1. The van der Waals surface area contributed by atoms with Gasteiger partial charge in [-0.15, -0.1) is 11.8 Å². The molecule has 0 radical (unpaired) electrons. The molecule has 0 aliphatic carbocycles. The highest BCUT2D eigenvalue weighted by atomic mass is 79.9. The molecule has 2 rings (SSSR count). The molecule has 0 unspecified atom stereocenters. The number of rotatable bonds is 2. The summed E-state index contributed by atoms with van der Waals surface area (Å²) in [7, 11) is 0. The molecule has 0 aliphatic heterocycles. The number of hydrogen-bond acceptors (Lipinski definition) is 3. The molecule has 3 N–H and O–H groups in total. The van der Waals surface area contributed by atoms with E-state index in [0.717, 1.165) is 15.7 Å². The second-order valence-electron chi connectivity index (χ2n) is 3.09. The Bertz CT molecular complexity index is 481. The van der Waals surface area contributed by atoms with Crippen LogP contribution in [0.5, 0.6) is 0 Å². The lowest BCUT2D eigenvalue weighted by atomic mass is 10.1. The summed E-state index contributed by atoms with van der Waals surface area (Å²) in [5.41, 5.74) is 7.58. The summed E-state index contributed by atoms with van der Waals surface area (Å²) in [6, 6.07) is 8.04. The Morgan fingerprint density at radius 2 is 2.13 bits per heavy atom. The minimum Gasteiger partial charge on any atom is -0.382 e. The topological polar surface area (TPSA) is 54.7 Å². The van der Waals surface area contributed by atoms with Crippen LogP contribution in [0.4, 0.5) is 5.82 Å². The molecule has 0 saturated carbocycles. The molecule has 5 heteroatoms. The first kappa shape index (κ1) is 10.6. The van der Waals surface area contributed by atoms with E-state index in [4.69, 9.17) is 5.73 Å². The number of thioether (sulfide) groups is 1. The van der Waals surface area contributed by atoms with Gasteiger partial charge in [-0.05, 0) is 24.5 Å². The Morgan fingerprint density at radius 3 is 2.73 bits per heavy atom. The number of aromatic amines is 1. The van der Waals surface area contributed by atoms with E-state index in [1.54, 1.807) is 11.8 Å². The molecule has 0 amide bonds. The van der Waals surface area contributed by atoms with Gasteiger partial charge in [0.2, 0.25) is 0 Å². The van der Waals surface area contributed by atoms with Crippen LogP contribution in [0.1, 0.15) is 0 Å². The number of nitrogens with two attached hydrogens (primary N) is 1. The van der Waals surface area contributed by atoms with E-state index >= 15 is 0 Å². The lowest BCUT2D eigenvalue weighted by Crippen LogP contribution is -1.81. The highest BCUT2D eigenvalue weighted by Gasteiger charge is 2.04. The van der Waals surface area contributed by atoms with Crippen molar-refractivity contribution in [3.8, 4) is 11.3 Å². The number of halogens is 1. The number of hydrogen-bond donors (Lipinski definition) is 2. The molecule has 0 saturated heterocycles. The van der Waals surface area contributed by atoms with Gasteiger partial charge in [0, 0.05) is 21.0 Å². The minimum atomic E-state index is 0.510. The summed E-state index contributed by atoms with van der Waals surface area (Å²) >= 11 is 5.18. The van der Waals surface area contributed by atoms with Gasteiger partial charge in [-0.25, -0.2) is 0 Å². The fraction of sp³-hybridized carbons (Fsp3) is 0.100. The van der Waals surface area contributed by atoms with Crippen LogP contribution in [0.3, 0.4) is 0 Å². The smallest absolute Gasteiger partial charge is 0.145 e. The van der Waals surface area contributed by atoms with Gasteiger partial charge in [0.25, 0.3) is 0 Å². The first-order valence-electron chi connectivity index (χ1n) is 4.35. The molecule has 1 aromatic heterocycles. The Labute approximate surface area is 101 Å². The molecule has 3 nitrogen and oxygen atoms in total. The molecule has 0 atom stereocenters. The number of anilines is 1. The van der Waals surface area contributed by atoms with Gasteiger partial charge < -0.3 is 5.73 Å². The molecule has 0 bridgehead atoms. The predicted octanol–water partition coefficient (Wildman–Crippen LogP) is 3.14. The van der Waals surface area contributed by atoms with E-state index in [-0.39, 0.29) is 0 Å². The third kappa shape index (κ3) is 2.35. The van der Waals surface area contributed by atoms with Crippen molar-refractivity contribution in [3.63, 3.8) is 0 Å². The van der Waals surface area contributed by atoms with Crippen molar-refractivity contribution in [2.24, 2.45) is 0 Å². The number of nitrogen functional groups attached to an aromatic ring is 1. The maximum Gasteiger partial charge on any atom is 0.145 e. The maximum absolute atomic E-state index is 5.57. The van der Waals surface area contributed by atoms with Gasteiger partial charge in [-0.2, -0.15) is 5.10 Å². The Morgan fingerprint density at radius 1 is 1.33 bits per heavy atom. The van der Waals surface area contributed by atoms with Crippen LogP contribution in [0.2, 0.25) is 0 Å². The van der Waals surface area contributed by atoms with E-state index in [0.29, 0.717) is 5.82 Å². The Hall–Kier alpha value is -0.940. The monoisotopic (exact) mass is 283 g/mol. The molecule has 1 aromatic carbocycles. The van der Waals surface area contributed by atoms with E-state index in [1.807, 2.05) is 18.4 Å². The minimum absolute atomic E-state index is 0.510. The van der Waals surface area contributed by atoms with Crippen LogP contribution in [-0.4, -0.2) is 16.5 Å². The molecule has 0 spiro atoms. The molecule has 78 valence electrons. The van der Waals surface area contributed by atoms with Crippen LogP contribution in [-0.2, 0) is 0 Å². The van der Waals surface area contributed by atoms with E-state index in [1.165, 1.54) is 4.90 Å². The molecular weight excluding hydrogens is 274 g/mol. The van der Waals surface area contributed by atoms with Crippen LogP contribution in [0.15, 0.2) is 33.6 Å². The summed E-state index contributed by atoms with van der Waals surface area (Å²) < 4.78 is 1.05. The molecular formula is C10H10BrN3S. The zero-order valence-corrected chi connectivity index (χ0v) is 10.5. The van der Waals surface area contributed by atoms with Crippen molar-refractivity contribution in [1.29, 1.82) is 0 Å². The Kier molecular flexibility index (Phi) is 3.02. The van der Waals surface area contributed by atoms with Gasteiger partial charge >= 0.3 is 0 Å². The summed E-state index contributed by atoms with van der Waals surface area (Å²) in [6.07, 6.45) is 2.05. The fourth-order valence-electron chi connectivity index (χ4n) is 1.32. The zero-order valence-electron chi connectivity index (χ0n) is 8.12. The van der Waals surface area contributed by atoms with Gasteiger partial charge in [0.1, 0.15) is 5.82 Å². The van der Waals surface area contributed by atoms with Crippen LogP contribution >= 0.6 is 27.7 Å². The van der Waals surface area contributed by atoms with Gasteiger partial charge in [0.15, 0.2) is 0 Å². The number of aromatic nitrogens is 2. The number of nitrogens with one attached hydrogen (secondary N) is 1. The van der Waals surface area contributed by atoms with Crippen molar-refractivity contribution in [2.75, 3.05) is 12.0 Å². The van der Waals surface area contributed by atoms with Crippen LogP contribution in [0, 0.1) is 0 Å². The lowest BCUT2D eigenvalue weighted by Gasteiger charge is -2.02. The van der Waals surface area contributed by atoms with Crippen molar-refractivity contribution in [1.82, 2.24) is 10.2 Å². The molecule has 15 heavy (non-hydrogen) atoms. The van der Waals surface area contributed by atoms with Gasteiger partial charge in [-0.1, -0.05) is 15.9 Å². The summed E-state index contributed by atoms with van der Waals surface area (Å²) in [5.74, 6) is 0.510. The average molecular weight is 284 g/mol. The highest BCUT2D eigenvalue weighted by Crippen LogP contribution is 2.28. The third-order valence-corrected chi connectivity index (χ3v) is 3.18. The molecule has 0 fully saturated rings. The van der Waals surface area contributed by atoms with Crippen LogP contribution in [0.25, 0.3) is 11.3 Å². The second-order valence-corrected chi connectivity index (χ2v) is 4.88. The quantitative estimate of drug-likeness (QED) is 0.833. The predicted molar refractivity (Wildman–Crippen MR) is 67.9 cm³/mol. The largest absolute Gasteiger partial charge is 0.382 e. The average Bonchev–Trinajstić information content (AvgIpc) is 2.64. The number of benzene rings is 1. The zero-order chi connectivity index (χ0) is 10.8. The first-order chi connectivity index (χ1) is 7.19. The van der Waals surface area contributed by atoms with Crippen molar-refractivity contribution < 1.29 is 0 Å². The maximum atomic E-state index is 5.57.